The fraction of sp³-hybridized carbons (Fsp3) is 0.481. The van der Waals surface area contributed by atoms with E-state index in [4.69, 9.17) is 4.74 Å². The van der Waals surface area contributed by atoms with E-state index in [0.29, 0.717) is 23.8 Å². The van der Waals surface area contributed by atoms with Gasteiger partial charge in [0, 0.05) is 24.4 Å². The van der Waals surface area contributed by atoms with Crippen LogP contribution in [0.4, 0.5) is 14.9 Å². The van der Waals surface area contributed by atoms with Gasteiger partial charge in [0.2, 0.25) is 0 Å². The van der Waals surface area contributed by atoms with E-state index in [9.17, 15) is 14.0 Å². The number of benzene rings is 2. The summed E-state index contributed by atoms with van der Waals surface area (Å²) >= 11 is 0. The number of amides is 2. The fourth-order valence-electron chi connectivity index (χ4n) is 4.92. The number of urea groups is 1. The molecule has 2 amide bonds. The van der Waals surface area contributed by atoms with Gasteiger partial charge in [-0.15, -0.1) is 0 Å². The van der Waals surface area contributed by atoms with Crippen molar-refractivity contribution in [3.8, 4) is 0 Å². The van der Waals surface area contributed by atoms with Crippen LogP contribution in [0, 0.1) is 11.7 Å². The number of ether oxygens (including phenoxy) is 1. The topological polar surface area (TPSA) is 70.7 Å². The standard InChI is InChI=1S/C27H34FN3O3/c1-19(32)22-4-2-5-24(17-22)29-27(33)30-25-6-3-15-34-26(25)18-31-13-11-21(12-14-31)16-20-7-9-23(28)10-8-20/h2,4-5,7-10,17,21,25-26H,3,6,11-16,18H2,1H3,(H2,29,30,33). The highest BCUT2D eigenvalue weighted by Crippen LogP contribution is 2.24. The minimum atomic E-state index is -0.279. The Hall–Kier alpha value is -2.77. The number of nitrogens with zero attached hydrogens (tertiary/aromatic N) is 1. The molecule has 2 aliphatic rings. The van der Waals surface area contributed by atoms with Gasteiger partial charge in [0.05, 0.1) is 12.1 Å². The lowest BCUT2D eigenvalue weighted by Crippen LogP contribution is -2.53. The Labute approximate surface area is 200 Å². The van der Waals surface area contributed by atoms with Crippen molar-refractivity contribution < 1.29 is 18.7 Å². The molecule has 2 atom stereocenters. The van der Waals surface area contributed by atoms with Crippen LogP contribution in [0.15, 0.2) is 48.5 Å². The molecule has 2 aromatic rings. The number of anilines is 1. The number of ketones is 1. The summed E-state index contributed by atoms with van der Waals surface area (Å²) in [6.45, 7) is 5.03. The Balaban J connectivity index is 1.25. The van der Waals surface area contributed by atoms with E-state index >= 15 is 0 Å². The normalized spacial score (nSPS) is 21.7. The first-order chi connectivity index (χ1) is 16.5. The third-order valence-corrected chi connectivity index (χ3v) is 6.87. The number of hydrogen-bond acceptors (Lipinski definition) is 4. The quantitative estimate of drug-likeness (QED) is 0.582. The molecule has 2 aliphatic heterocycles. The van der Waals surface area contributed by atoms with Gasteiger partial charge in [0.15, 0.2) is 5.78 Å². The number of halogens is 1. The Morgan fingerprint density at radius 2 is 1.85 bits per heavy atom. The molecule has 0 bridgehead atoms. The molecule has 182 valence electrons. The second kappa shape index (κ2) is 11.6. The second-order valence-corrected chi connectivity index (χ2v) is 9.47. The van der Waals surface area contributed by atoms with Crippen molar-refractivity contribution in [1.29, 1.82) is 0 Å². The first kappa shape index (κ1) is 24.4. The number of nitrogens with one attached hydrogen (secondary N) is 2. The molecule has 7 heteroatoms. The van der Waals surface area contributed by atoms with Crippen molar-refractivity contribution in [2.45, 2.75) is 51.2 Å². The molecule has 6 nitrogen and oxygen atoms in total. The summed E-state index contributed by atoms with van der Waals surface area (Å²) in [5, 5.41) is 5.93. The van der Waals surface area contributed by atoms with Gasteiger partial charge >= 0.3 is 6.03 Å². The molecule has 2 heterocycles. The van der Waals surface area contributed by atoms with Gasteiger partial charge in [-0.3, -0.25) is 4.79 Å². The molecule has 2 aromatic carbocycles. The largest absolute Gasteiger partial charge is 0.375 e. The minimum absolute atomic E-state index is 0.0359. The third-order valence-electron chi connectivity index (χ3n) is 6.87. The van der Waals surface area contributed by atoms with Crippen LogP contribution in [0.3, 0.4) is 0 Å². The molecule has 2 unspecified atom stereocenters. The van der Waals surface area contributed by atoms with Crippen LogP contribution < -0.4 is 10.6 Å². The highest BCUT2D eigenvalue weighted by Gasteiger charge is 2.30. The van der Waals surface area contributed by atoms with Gasteiger partial charge in [0.1, 0.15) is 5.82 Å². The molecule has 2 saturated heterocycles. The zero-order chi connectivity index (χ0) is 23.9. The average Bonchev–Trinajstić information content (AvgIpc) is 2.83. The van der Waals surface area contributed by atoms with Gasteiger partial charge in [-0.2, -0.15) is 0 Å². The number of carbonyl (C=O) groups is 2. The van der Waals surface area contributed by atoms with E-state index in [0.717, 1.165) is 51.7 Å². The number of carbonyl (C=O) groups excluding carboxylic acids is 2. The number of hydrogen-bond donors (Lipinski definition) is 2. The monoisotopic (exact) mass is 467 g/mol. The van der Waals surface area contributed by atoms with Crippen LogP contribution in [-0.2, 0) is 11.2 Å². The number of rotatable bonds is 7. The molecule has 2 N–H and O–H groups in total. The molecule has 0 spiro atoms. The van der Waals surface area contributed by atoms with Crippen LogP contribution in [0.1, 0.15) is 48.5 Å². The average molecular weight is 468 g/mol. The summed E-state index contributed by atoms with van der Waals surface area (Å²) in [6.07, 6.45) is 4.96. The Bertz CT molecular complexity index is 973. The molecule has 0 aliphatic carbocycles. The molecule has 0 radical (unpaired) electrons. The number of likely N-dealkylation sites (tertiary alicyclic amines) is 1. The molecule has 34 heavy (non-hydrogen) atoms. The molecule has 0 aromatic heterocycles. The van der Waals surface area contributed by atoms with E-state index in [1.54, 1.807) is 24.3 Å². The van der Waals surface area contributed by atoms with E-state index in [2.05, 4.69) is 15.5 Å². The van der Waals surface area contributed by atoms with Crippen LogP contribution in [0.2, 0.25) is 0 Å². The summed E-state index contributed by atoms with van der Waals surface area (Å²) < 4.78 is 19.2. The number of piperidine rings is 1. The van der Waals surface area contributed by atoms with Crippen LogP contribution >= 0.6 is 0 Å². The van der Waals surface area contributed by atoms with Gasteiger partial charge in [-0.1, -0.05) is 24.3 Å². The van der Waals surface area contributed by atoms with Gasteiger partial charge < -0.3 is 20.3 Å². The summed E-state index contributed by atoms with van der Waals surface area (Å²) in [5.41, 5.74) is 2.36. The SMILES string of the molecule is CC(=O)c1cccc(NC(=O)NC2CCCOC2CN2CCC(Cc3ccc(F)cc3)CC2)c1. The third kappa shape index (κ3) is 6.87. The zero-order valence-corrected chi connectivity index (χ0v) is 19.8. The van der Waals surface area contributed by atoms with Crippen molar-refractivity contribution in [3.63, 3.8) is 0 Å². The summed E-state index contributed by atoms with van der Waals surface area (Å²) in [5.74, 6) is 0.387. The van der Waals surface area contributed by atoms with Crippen molar-refractivity contribution in [2.24, 2.45) is 5.92 Å². The highest BCUT2D eigenvalue weighted by atomic mass is 19.1. The lowest BCUT2D eigenvalue weighted by molar-refractivity contribution is -0.0293. The lowest BCUT2D eigenvalue weighted by Gasteiger charge is -2.38. The predicted molar refractivity (Wildman–Crippen MR) is 131 cm³/mol. The van der Waals surface area contributed by atoms with Crippen LogP contribution in [0.25, 0.3) is 0 Å². The van der Waals surface area contributed by atoms with Crippen molar-refractivity contribution in [2.75, 3.05) is 31.6 Å². The molecule has 0 saturated carbocycles. The molecular weight excluding hydrogens is 433 g/mol. The summed E-state index contributed by atoms with van der Waals surface area (Å²) in [6, 6.07) is 13.5. The van der Waals surface area contributed by atoms with Gasteiger partial charge in [0.25, 0.3) is 0 Å². The first-order valence-electron chi connectivity index (χ1n) is 12.2. The van der Waals surface area contributed by atoms with Crippen LogP contribution in [0.5, 0.6) is 0 Å². The van der Waals surface area contributed by atoms with E-state index in [-0.39, 0.29) is 29.8 Å². The van der Waals surface area contributed by atoms with Crippen molar-refractivity contribution >= 4 is 17.5 Å². The van der Waals surface area contributed by atoms with Gasteiger partial charge in [-0.25, -0.2) is 9.18 Å². The maximum Gasteiger partial charge on any atom is 0.319 e. The van der Waals surface area contributed by atoms with E-state index in [1.807, 2.05) is 12.1 Å². The van der Waals surface area contributed by atoms with E-state index in [1.165, 1.54) is 24.6 Å². The maximum absolute atomic E-state index is 13.1. The van der Waals surface area contributed by atoms with E-state index < -0.39 is 0 Å². The molecular formula is C27H34FN3O3. The lowest BCUT2D eigenvalue weighted by atomic mass is 9.89. The highest BCUT2D eigenvalue weighted by molar-refractivity contribution is 5.96. The summed E-state index contributed by atoms with van der Waals surface area (Å²) in [7, 11) is 0. The Morgan fingerprint density at radius 3 is 2.59 bits per heavy atom. The molecule has 2 fully saturated rings. The second-order valence-electron chi connectivity index (χ2n) is 9.47. The van der Waals surface area contributed by atoms with Crippen molar-refractivity contribution in [3.05, 3.63) is 65.5 Å². The maximum atomic E-state index is 13.1. The number of Topliss-reactive ketones (excluding diaryl/α,β-unsaturated/α-hetero) is 1. The Kier molecular flexibility index (Phi) is 8.29. The predicted octanol–water partition coefficient (Wildman–Crippen LogP) is 4.65. The first-order valence-corrected chi connectivity index (χ1v) is 12.2. The zero-order valence-electron chi connectivity index (χ0n) is 19.8. The smallest absolute Gasteiger partial charge is 0.319 e. The van der Waals surface area contributed by atoms with Crippen LogP contribution in [-0.4, -0.2) is 55.1 Å². The molecule has 4 rings (SSSR count). The Morgan fingerprint density at radius 1 is 1.09 bits per heavy atom. The fourth-order valence-corrected chi connectivity index (χ4v) is 4.92. The summed E-state index contributed by atoms with van der Waals surface area (Å²) in [4.78, 5) is 26.7. The van der Waals surface area contributed by atoms with Crippen molar-refractivity contribution in [1.82, 2.24) is 10.2 Å². The van der Waals surface area contributed by atoms with Gasteiger partial charge in [-0.05, 0) is 87.9 Å². The minimum Gasteiger partial charge on any atom is -0.375 e.